The first-order valence-corrected chi connectivity index (χ1v) is 8.10. The molecule has 3 heteroatoms. The Morgan fingerprint density at radius 2 is 1.62 bits per heavy atom. The second-order valence-electron chi connectivity index (χ2n) is 6.05. The number of hydrogen-bond donors (Lipinski definition) is 1. The zero-order valence-electron chi connectivity index (χ0n) is 14.1. The first-order chi connectivity index (χ1) is 11.6. The van der Waals surface area contributed by atoms with Gasteiger partial charge in [0.2, 0.25) is 0 Å². The Morgan fingerprint density at radius 3 is 2.25 bits per heavy atom. The number of aryl methyl sites for hydroxylation is 1. The van der Waals surface area contributed by atoms with Crippen LogP contribution in [0.25, 0.3) is 0 Å². The molecule has 2 aromatic carbocycles. The fourth-order valence-electron chi connectivity index (χ4n) is 2.80. The summed E-state index contributed by atoms with van der Waals surface area (Å²) in [6, 6.07) is 22.0. The molecule has 1 N–H and O–H groups in total. The molecule has 0 radical (unpaired) electrons. The highest BCUT2D eigenvalue weighted by Crippen LogP contribution is 2.26. The van der Waals surface area contributed by atoms with Crippen LogP contribution in [0.3, 0.4) is 0 Å². The lowest BCUT2D eigenvalue weighted by molar-refractivity contribution is 0.219. The van der Waals surface area contributed by atoms with Crippen LogP contribution in [0.5, 0.6) is 0 Å². The molecule has 0 aliphatic heterocycles. The van der Waals surface area contributed by atoms with E-state index in [2.05, 4.69) is 22.0 Å². The minimum absolute atomic E-state index is 0.646. The van der Waals surface area contributed by atoms with Gasteiger partial charge in [-0.05, 0) is 29.7 Å². The van der Waals surface area contributed by atoms with Gasteiger partial charge in [0.05, 0.1) is 0 Å². The van der Waals surface area contributed by atoms with Crippen LogP contribution in [-0.2, 0) is 6.54 Å². The molecule has 0 fully saturated rings. The van der Waals surface area contributed by atoms with Gasteiger partial charge in [-0.2, -0.15) is 0 Å². The molecule has 0 unspecified atom stereocenters. The molecular weight excluding hydrogens is 296 g/mol. The van der Waals surface area contributed by atoms with E-state index in [4.69, 9.17) is 0 Å². The smallest absolute Gasteiger partial charge is 0.128 e. The van der Waals surface area contributed by atoms with Crippen LogP contribution in [0.4, 0.5) is 5.82 Å². The summed E-state index contributed by atoms with van der Waals surface area (Å²) in [5.74, 6) is 0.903. The fourth-order valence-corrected chi connectivity index (χ4v) is 2.80. The topological polar surface area (TPSA) is 36.4 Å². The van der Waals surface area contributed by atoms with Crippen molar-refractivity contribution in [2.75, 3.05) is 11.9 Å². The van der Waals surface area contributed by atoms with Gasteiger partial charge in [0.25, 0.3) is 0 Å². The highest BCUT2D eigenvalue weighted by molar-refractivity contribution is 5.45. The second-order valence-corrected chi connectivity index (χ2v) is 6.05. The SMILES string of the molecule is Cc1cc(N(C)Cc2ccccc2)ncc1[C@H](O)c1ccccc1. The van der Waals surface area contributed by atoms with Crippen molar-refractivity contribution in [3.05, 3.63) is 95.2 Å². The van der Waals surface area contributed by atoms with Gasteiger partial charge in [0.15, 0.2) is 0 Å². The summed E-state index contributed by atoms with van der Waals surface area (Å²) in [6.45, 7) is 2.82. The first-order valence-electron chi connectivity index (χ1n) is 8.10. The Balaban J connectivity index is 1.79. The molecule has 3 nitrogen and oxygen atoms in total. The molecule has 122 valence electrons. The normalized spacial score (nSPS) is 12.0. The van der Waals surface area contributed by atoms with Crippen LogP contribution in [0.15, 0.2) is 72.9 Å². The van der Waals surface area contributed by atoms with Crippen molar-refractivity contribution in [2.45, 2.75) is 19.6 Å². The zero-order valence-corrected chi connectivity index (χ0v) is 14.1. The van der Waals surface area contributed by atoms with Gasteiger partial charge in [0.1, 0.15) is 11.9 Å². The Morgan fingerprint density at radius 1 is 1.00 bits per heavy atom. The molecule has 0 aliphatic rings. The number of aliphatic hydroxyl groups excluding tert-OH is 1. The monoisotopic (exact) mass is 318 g/mol. The van der Waals surface area contributed by atoms with Crippen LogP contribution in [0.1, 0.15) is 28.4 Å². The summed E-state index contributed by atoms with van der Waals surface area (Å²) in [4.78, 5) is 6.66. The fraction of sp³-hybridized carbons (Fsp3) is 0.190. The Labute approximate surface area is 143 Å². The van der Waals surface area contributed by atoms with Gasteiger partial charge in [-0.3, -0.25) is 0 Å². The summed E-state index contributed by atoms with van der Waals surface area (Å²) in [7, 11) is 2.03. The lowest BCUT2D eigenvalue weighted by Gasteiger charge is -2.21. The van der Waals surface area contributed by atoms with Crippen molar-refractivity contribution in [3.8, 4) is 0 Å². The first kappa shape index (κ1) is 16.2. The van der Waals surface area contributed by atoms with E-state index in [1.54, 1.807) is 6.20 Å². The summed E-state index contributed by atoms with van der Waals surface area (Å²) < 4.78 is 0. The van der Waals surface area contributed by atoms with E-state index >= 15 is 0 Å². The molecule has 3 rings (SSSR count). The number of nitrogens with zero attached hydrogens (tertiary/aromatic N) is 2. The molecule has 0 aliphatic carbocycles. The van der Waals surface area contributed by atoms with Crippen molar-refractivity contribution in [1.82, 2.24) is 4.98 Å². The summed E-state index contributed by atoms with van der Waals surface area (Å²) in [6.07, 6.45) is 1.14. The molecule has 1 aromatic heterocycles. The van der Waals surface area contributed by atoms with Crippen LogP contribution in [0, 0.1) is 6.92 Å². The number of rotatable bonds is 5. The molecular formula is C21H22N2O. The van der Waals surface area contributed by atoms with Gasteiger partial charge in [-0.25, -0.2) is 4.98 Å². The molecule has 24 heavy (non-hydrogen) atoms. The zero-order chi connectivity index (χ0) is 16.9. The van der Waals surface area contributed by atoms with E-state index in [9.17, 15) is 5.11 Å². The van der Waals surface area contributed by atoms with Crippen molar-refractivity contribution in [3.63, 3.8) is 0 Å². The van der Waals surface area contributed by atoms with Crippen molar-refractivity contribution in [1.29, 1.82) is 0 Å². The minimum Gasteiger partial charge on any atom is -0.384 e. The van der Waals surface area contributed by atoms with Gasteiger partial charge in [-0.1, -0.05) is 60.7 Å². The number of pyridine rings is 1. The third kappa shape index (κ3) is 3.63. The summed E-state index contributed by atoms with van der Waals surface area (Å²) >= 11 is 0. The maximum Gasteiger partial charge on any atom is 0.128 e. The standard InChI is InChI=1S/C21H22N2O/c1-16-13-20(23(2)15-17-9-5-3-6-10-17)22-14-19(16)21(24)18-11-7-4-8-12-18/h3-14,21,24H,15H2,1-2H3/t21-/m1/s1. The van der Waals surface area contributed by atoms with Crippen LogP contribution in [0.2, 0.25) is 0 Å². The number of aromatic nitrogens is 1. The van der Waals surface area contributed by atoms with Gasteiger partial charge < -0.3 is 10.0 Å². The molecule has 3 aromatic rings. The van der Waals surface area contributed by atoms with E-state index in [-0.39, 0.29) is 0 Å². The lowest BCUT2D eigenvalue weighted by atomic mass is 9.99. The molecule has 0 bridgehead atoms. The van der Waals surface area contributed by atoms with E-state index in [0.29, 0.717) is 0 Å². The van der Waals surface area contributed by atoms with Crippen molar-refractivity contribution >= 4 is 5.82 Å². The third-order valence-electron chi connectivity index (χ3n) is 4.20. The lowest BCUT2D eigenvalue weighted by Crippen LogP contribution is -2.18. The molecule has 1 heterocycles. The molecule has 0 saturated carbocycles. The van der Waals surface area contributed by atoms with Crippen molar-refractivity contribution in [2.24, 2.45) is 0 Å². The summed E-state index contributed by atoms with van der Waals surface area (Å²) in [5, 5.41) is 10.6. The maximum absolute atomic E-state index is 10.6. The number of hydrogen-bond acceptors (Lipinski definition) is 3. The average molecular weight is 318 g/mol. The second kappa shape index (κ2) is 7.28. The highest BCUT2D eigenvalue weighted by Gasteiger charge is 2.14. The van der Waals surface area contributed by atoms with E-state index in [1.807, 2.05) is 68.6 Å². The van der Waals surface area contributed by atoms with Gasteiger partial charge >= 0.3 is 0 Å². The largest absolute Gasteiger partial charge is 0.384 e. The molecule has 0 saturated heterocycles. The number of benzene rings is 2. The van der Waals surface area contributed by atoms with E-state index < -0.39 is 6.10 Å². The highest BCUT2D eigenvalue weighted by atomic mass is 16.3. The number of aliphatic hydroxyl groups is 1. The minimum atomic E-state index is -0.646. The van der Waals surface area contributed by atoms with E-state index in [1.165, 1.54) is 5.56 Å². The number of anilines is 1. The summed E-state index contributed by atoms with van der Waals surface area (Å²) in [5.41, 5.74) is 4.01. The molecule has 1 atom stereocenters. The average Bonchev–Trinajstić information content (AvgIpc) is 2.62. The third-order valence-corrected chi connectivity index (χ3v) is 4.20. The predicted octanol–water partition coefficient (Wildman–Crippen LogP) is 4.11. The maximum atomic E-state index is 10.6. The van der Waals surface area contributed by atoms with Gasteiger partial charge in [0, 0.05) is 25.4 Å². The predicted molar refractivity (Wildman–Crippen MR) is 98.0 cm³/mol. The molecule has 0 amide bonds. The quantitative estimate of drug-likeness (QED) is 0.769. The van der Waals surface area contributed by atoms with Crippen LogP contribution >= 0.6 is 0 Å². The molecule has 0 spiro atoms. The Hall–Kier alpha value is -2.65. The van der Waals surface area contributed by atoms with Crippen molar-refractivity contribution < 1.29 is 5.11 Å². The Bertz CT molecular complexity index is 787. The Kier molecular flexibility index (Phi) is 4.92. The van der Waals surface area contributed by atoms with Crippen LogP contribution < -0.4 is 4.90 Å². The van der Waals surface area contributed by atoms with Crippen LogP contribution in [-0.4, -0.2) is 17.1 Å². The van der Waals surface area contributed by atoms with Gasteiger partial charge in [-0.15, -0.1) is 0 Å². The van der Waals surface area contributed by atoms with E-state index in [0.717, 1.165) is 29.1 Å².